The second-order valence-corrected chi connectivity index (χ2v) is 7.49. The Kier molecular flexibility index (Phi) is 8.23. The van der Waals surface area contributed by atoms with Crippen molar-refractivity contribution in [1.82, 2.24) is 24.6 Å². The summed E-state index contributed by atoms with van der Waals surface area (Å²) in [6, 6.07) is 6.54. The SMILES string of the molecule is COCCn1cc(NC(=O)Nc2ccc(Cl)cc2C)nc1C(=O)NCCCn1cccn1. The van der Waals surface area contributed by atoms with Gasteiger partial charge in [0.25, 0.3) is 5.91 Å². The number of nitrogens with zero attached hydrogens (tertiary/aromatic N) is 4. The summed E-state index contributed by atoms with van der Waals surface area (Å²) in [7, 11) is 1.58. The van der Waals surface area contributed by atoms with E-state index in [9.17, 15) is 9.59 Å². The lowest BCUT2D eigenvalue weighted by atomic mass is 10.2. The third-order valence-corrected chi connectivity index (χ3v) is 4.84. The average Bonchev–Trinajstić information content (AvgIpc) is 3.41. The highest BCUT2D eigenvalue weighted by Gasteiger charge is 2.17. The molecule has 170 valence electrons. The van der Waals surface area contributed by atoms with Crippen LogP contribution in [-0.4, -0.2) is 51.5 Å². The first-order chi connectivity index (χ1) is 15.5. The average molecular weight is 460 g/mol. The van der Waals surface area contributed by atoms with Gasteiger partial charge < -0.3 is 19.9 Å². The Labute approximate surface area is 190 Å². The molecule has 2 aromatic heterocycles. The van der Waals surface area contributed by atoms with Crippen LogP contribution in [0.25, 0.3) is 0 Å². The van der Waals surface area contributed by atoms with E-state index in [0.717, 1.165) is 12.0 Å². The Morgan fingerprint density at radius 1 is 1.22 bits per heavy atom. The van der Waals surface area contributed by atoms with Crippen molar-refractivity contribution in [1.29, 1.82) is 0 Å². The van der Waals surface area contributed by atoms with Crippen LogP contribution in [0.4, 0.5) is 16.3 Å². The molecule has 0 aliphatic carbocycles. The molecule has 0 radical (unpaired) electrons. The highest BCUT2D eigenvalue weighted by atomic mass is 35.5. The van der Waals surface area contributed by atoms with Crippen molar-refractivity contribution >= 4 is 35.0 Å². The second-order valence-electron chi connectivity index (χ2n) is 7.05. The fourth-order valence-electron chi connectivity index (χ4n) is 3.01. The van der Waals surface area contributed by atoms with E-state index in [1.54, 1.807) is 47.0 Å². The fraction of sp³-hybridized carbons (Fsp3) is 0.333. The molecule has 3 N–H and O–H groups in total. The van der Waals surface area contributed by atoms with Crippen molar-refractivity contribution in [2.24, 2.45) is 0 Å². The largest absolute Gasteiger partial charge is 0.383 e. The van der Waals surface area contributed by atoms with Crippen LogP contribution in [0.1, 0.15) is 22.6 Å². The van der Waals surface area contributed by atoms with Crippen LogP contribution in [0.3, 0.4) is 0 Å². The normalized spacial score (nSPS) is 10.7. The summed E-state index contributed by atoms with van der Waals surface area (Å²) in [5, 5.41) is 13.0. The zero-order valence-corrected chi connectivity index (χ0v) is 18.7. The number of anilines is 2. The molecule has 0 spiro atoms. The fourth-order valence-corrected chi connectivity index (χ4v) is 3.24. The molecule has 0 saturated carbocycles. The third kappa shape index (κ3) is 6.56. The predicted molar refractivity (Wildman–Crippen MR) is 122 cm³/mol. The summed E-state index contributed by atoms with van der Waals surface area (Å²) in [6.45, 7) is 3.82. The van der Waals surface area contributed by atoms with Gasteiger partial charge in [0, 0.05) is 56.0 Å². The molecule has 0 unspecified atom stereocenters. The summed E-state index contributed by atoms with van der Waals surface area (Å²) < 4.78 is 8.56. The molecule has 32 heavy (non-hydrogen) atoms. The van der Waals surface area contributed by atoms with Crippen molar-refractivity contribution in [3.8, 4) is 0 Å². The van der Waals surface area contributed by atoms with E-state index in [4.69, 9.17) is 16.3 Å². The molecule has 3 aromatic rings. The smallest absolute Gasteiger partial charge is 0.324 e. The molecule has 0 atom stereocenters. The number of benzene rings is 1. The van der Waals surface area contributed by atoms with Gasteiger partial charge in [0.05, 0.1) is 6.61 Å². The molecule has 0 bridgehead atoms. The van der Waals surface area contributed by atoms with E-state index in [0.29, 0.717) is 37.0 Å². The van der Waals surface area contributed by atoms with Gasteiger partial charge in [-0.15, -0.1) is 0 Å². The number of amides is 3. The minimum Gasteiger partial charge on any atom is -0.383 e. The summed E-state index contributed by atoms with van der Waals surface area (Å²) in [4.78, 5) is 29.4. The molecule has 0 aliphatic rings. The topological polar surface area (TPSA) is 115 Å². The molecule has 3 amide bonds. The van der Waals surface area contributed by atoms with Crippen molar-refractivity contribution < 1.29 is 14.3 Å². The Morgan fingerprint density at radius 3 is 2.78 bits per heavy atom. The quantitative estimate of drug-likeness (QED) is 0.403. The van der Waals surface area contributed by atoms with Gasteiger partial charge in [0.1, 0.15) is 0 Å². The van der Waals surface area contributed by atoms with Crippen LogP contribution in [0.5, 0.6) is 0 Å². The Morgan fingerprint density at radius 2 is 2.06 bits per heavy atom. The number of rotatable bonds is 10. The molecular formula is C21H26ClN7O3. The zero-order valence-electron chi connectivity index (χ0n) is 18.0. The monoisotopic (exact) mass is 459 g/mol. The van der Waals surface area contributed by atoms with E-state index >= 15 is 0 Å². The lowest BCUT2D eigenvalue weighted by Crippen LogP contribution is -2.28. The standard InChI is InChI=1S/C21H26ClN7O3/c1-15-13-16(22)5-6-17(15)25-21(31)27-18-14-28(11-12-32-2)19(26-18)20(30)23-7-3-9-29-10-4-8-24-29/h4-6,8,10,13-14H,3,7,9,11-12H2,1-2H3,(H,23,30)(H2,25,27,31). The summed E-state index contributed by atoms with van der Waals surface area (Å²) in [5.74, 6) is 0.120. The molecule has 3 rings (SSSR count). The highest BCUT2D eigenvalue weighted by molar-refractivity contribution is 6.30. The maximum Gasteiger partial charge on any atom is 0.324 e. The van der Waals surface area contributed by atoms with Crippen LogP contribution in [0, 0.1) is 6.92 Å². The minimum atomic E-state index is -0.474. The van der Waals surface area contributed by atoms with E-state index in [-0.39, 0.29) is 17.5 Å². The maximum absolute atomic E-state index is 12.7. The Balaban J connectivity index is 1.61. The lowest BCUT2D eigenvalue weighted by Gasteiger charge is -2.08. The molecule has 2 heterocycles. The number of ether oxygens (including phenoxy) is 1. The van der Waals surface area contributed by atoms with E-state index in [1.807, 2.05) is 19.2 Å². The van der Waals surface area contributed by atoms with Crippen LogP contribution in [-0.2, 0) is 17.8 Å². The van der Waals surface area contributed by atoms with Crippen molar-refractivity contribution in [2.45, 2.75) is 26.4 Å². The highest BCUT2D eigenvalue weighted by Crippen LogP contribution is 2.20. The van der Waals surface area contributed by atoms with Crippen LogP contribution in [0.15, 0.2) is 42.9 Å². The number of methoxy groups -OCH3 is 1. The Hall–Kier alpha value is -3.37. The first-order valence-corrected chi connectivity index (χ1v) is 10.5. The number of aromatic nitrogens is 4. The van der Waals surface area contributed by atoms with E-state index in [1.165, 1.54) is 0 Å². The zero-order chi connectivity index (χ0) is 22.9. The van der Waals surface area contributed by atoms with Crippen molar-refractivity contribution in [3.05, 3.63) is 59.3 Å². The van der Waals surface area contributed by atoms with E-state index < -0.39 is 6.03 Å². The number of carbonyl (C=O) groups is 2. The van der Waals surface area contributed by atoms with Crippen LogP contribution >= 0.6 is 11.6 Å². The van der Waals surface area contributed by atoms with Gasteiger partial charge in [-0.2, -0.15) is 5.10 Å². The number of hydrogen-bond acceptors (Lipinski definition) is 5. The number of halogens is 1. The first kappa shape index (κ1) is 23.3. The van der Waals surface area contributed by atoms with Gasteiger partial charge in [-0.25, -0.2) is 9.78 Å². The first-order valence-electron chi connectivity index (χ1n) is 10.1. The van der Waals surface area contributed by atoms with Gasteiger partial charge in [0.15, 0.2) is 5.82 Å². The number of nitrogens with one attached hydrogen (secondary N) is 3. The molecule has 10 nitrogen and oxygen atoms in total. The lowest BCUT2D eigenvalue weighted by molar-refractivity contribution is 0.0935. The summed E-state index contributed by atoms with van der Waals surface area (Å²) in [6.07, 6.45) is 5.91. The van der Waals surface area contributed by atoms with Gasteiger partial charge in [-0.05, 0) is 43.2 Å². The van der Waals surface area contributed by atoms with Crippen molar-refractivity contribution in [2.75, 3.05) is 30.9 Å². The minimum absolute atomic E-state index is 0.194. The third-order valence-electron chi connectivity index (χ3n) is 4.60. The Bertz CT molecular complexity index is 1050. The predicted octanol–water partition coefficient (Wildman–Crippen LogP) is 3.15. The number of aryl methyl sites for hydroxylation is 2. The molecule has 0 aliphatic heterocycles. The molecular weight excluding hydrogens is 434 g/mol. The molecule has 11 heteroatoms. The van der Waals surface area contributed by atoms with Gasteiger partial charge in [0.2, 0.25) is 5.82 Å². The second kappa shape index (κ2) is 11.3. The molecule has 0 saturated heterocycles. The van der Waals surface area contributed by atoms with Crippen LogP contribution < -0.4 is 16.0 Å². The molecule has 1 aromatic carbocycles. The number of carbonyl (C=O) groups excluding carboxylic acids is 2. The summed E-state index contributed by atoms with van der Waals surface area (Å²) >= 11 is 5.95. The summed E-state index contributed by atoms with van der Waals surface area (Å²) in [5.41, 5.74) is 1.45. The number of hydrogen-bond donors (Lipinski definition) is 3. The van der Waals surface area contributed by atoms with Gasteiger partial charge in [-0.3, -0.25) is 14.8 Å². The van der Waals surface area contributed by atoms with Crippen LogP contribution in [0.2, 0.25) is 5.02 Å². The van der Waals surface area contributed by atoms with E-state index in [2.05, 4.69) is 26.0 Å². The van der Waals surface area contributed by atoms with Gasteiger partial charge in [-0.1, -0.05) is 11.6 Å². The molecule has 0 fully saturated rings. The number of urea groups is 1. The van der Waals surface area contributed by atoms with Gasteiger partial charge >= 0.3 is 6.03 Å². The van der Waals surface area contributed by atoms with Crippen molar-refractivity contribution in [3.63, 3.8) is 0 Å². The number of imidazole rings is 1. The maximum atomic E-state index is 12.7.